The van der Waals surface area contributed by atoms with Crippen molar-refractivity contribution in [1.29, 1.82) is 0 Å². The third-order valence-corrected chi connectivity index (χ3v) is 5.32. The number of methoxy groups -OCH3 is 2. The van der Waals surface area contributed by atoms with Gasteiger partial charge >= 0.3 is 0 Å². The molecule has 0 bridgehead atoms. The highest BCUT2D eigenvalue weighted by Gasteiger charge is 2.20. The highest BCUT2D eigenvalue weighted by atomic mass is 35.5. The molecule has 1 amide bonds. The second-order valence-electron chi connectivity index (χ2n) is 6.36. The minimum absolute atomic E-state index is 0.327. The molecule has 9 nitrogen and oxygen atoms in total. The number of halogens is 1. The molecule has 11 heteroatoms. The largest absolute Gasteiger partial charge is 0.497 e. The summed E-state index contributed by atoms with van der Waals surface area (Å²) in [5, 5.41) is 12.0. The Balaban J connectivity index is 1.61. The molecule has 0 unspecified atom stereocenters. The SMILES string of the molecule is COc1ccc(OC)c(-n2nnc(-c3nsc(NC(=O)c4cccc(Cl)c4)n3)c2C)c1. The number of amides is 1. The minimum Gasteiger partial charge on any atom is -0.497 e. The molecular weight excluding hydrogens is 440 g/mol. The molecule has 2 heterocycles. The molecule has 0 saturated heterocycles. The molecule has 2 aromatic heterocycles. The molecule has 0 aliphatic carbocycles. The van der Waals surface area contributed by atoms with Crippen LogP contribution in [-0.2, 0) is 0 Å². The van der Waals surface area contributed by atoms with Crippen LogP contribution in [0, 0.1) is 6.92 Å². The van der Waals surface area contributed by atoms with Crippen LogP contribution >= 0.6 is 23.1 Å². The van der Waals surface area contributed by atoms with Gasteiger partial charge in [-0.05, 0) is 37.3 Å². The van der Waals surface area contributed by atoms with E-state index in [0.29, 0.717) is 50.1 Å². The summed E-state index contributed by atoms with van der Waals surface area (Å²) in [6.07, 6.45) is 0. The number of rotatable bonds is 6. The maximum Gasteiger partial charge on any atom is 0.257 e. The van der Waals surface area contributed by atoms with E-state index in [1.54, 1.807) is 61.4 Å². The van der Waals surface area contributed by atoms with Crippen LogP contribution in [0.5, 0.6) is 11.5 Å². The van der Waals surface area contributed by atoms with Gasteiger partial charge in [0, 0.05) is 28.2 Å². The van der Waals surface area contributed by atoms with E-state index in [1.807, 2.05) is 6.92 Å². The fourth-order valence-corrected chi connectivity index (χ4v) is 3.65. The Kier molecular flexibility index (Phi) is 5.83. The maximum absolute atomic E-state index is 12.4. The van der Waals surface area contributed by atoms with Gasteiger partial charge in [0.2, 0.25) is 5.13 Å². The molecule has 31 heavy (non-hydrogen) atoms. The van der Waals surface area contributed by atoms with Gasteiger partial charge in [-0.1, -0.05) is 22.9 Å². The van der Waals surface area contributed by atoms with Crippen molar-refractivity contribution in [3.05, 3.63) is 58.7 Å². The van der Waals surface area contributed by atoms with E-state index < -0.39 is 0 Å². The Morgan fingerprint density at radius 3 is 2.74 bits per heavy atom. The van der Waals surface area contributed by atoms with Gasteiger partial charge in [-0.2, -0.15) is 9.36 Å². The lowest BCUT2D eigenvalue weighted by Crippen LogP contribution is -2.11. The molecule has 0 aliphatic heterocycles. The van der Waals surface area contributed by atoms with Crippen LogP contribution in [0.1, 0.15) is 16.1 Å². The zero-order valence-corrected chi connectivity index (χ0v) is 18.4. The molecule has 0 spiro atoms. The molecule has 4 aromatic rings. The first-order valence-corrected chi connectivity index (χ1v) is 10.2. The van der Waals surface area contributed by atoms with Crippen molar-refractivity contribution in [2.75, 3.05) is 19.5 Å². The Bertz CT molecular complexity index is 1260. The van der Waals surface area contributed by atoms with Crippen LogP contribution < -0.4 is 14.8 Å². The Hall–Kier alpha value is -3.50. The standard InChI is InChI=1S/C20H17ClN6O3S/c1-11-17(24-26-27(11)15-10-14(29-2)7-8-16(15)30-3)18-22-20(31-25-18)23-19(28)12-5-4-6-13(21)9-12/h4-10H,1-3H3,(H,22,23,25,28). The van der Waals surface area contributed by atoms with E-state index in [9.17, 15) is 4.79 Å². The van der Waals surface area contributed by atoms with Crippen molar-refractivity contribution in [2.24, 2.45) is 0 Å². The lowest BCUT2D eigenvalue weighted by molar-refractivity contribution is 0.102. The van der Waals surface area contributed by atoms with Gasteiger partial charge in [0.15, 0.2) is 11.5 Å². The molecule has 0 radical (unpaired) electrons. The van der Waals surface area contributed by atoms with Crippen molar-refractivity contribution >= 4 is 34.2 Å². The topological polar surface area (TPSA) is 104 Å². The first kappa shape index (κ1) is 20.8. The predicted molar refractivity (Wildman–Crippen MR) is 118 cm³/mol. The fourth-order valence-electron chi connectivity index (χ4n) is 2.90. The molecule has 2 aromatic carbocycles. The van der Waals surface area contributed by atoms with E-state index in [4.69, 9.17) is 21.1 Å². The summed E-state index contributed by atoms with van der Waals surface area (Å²) in [6.45, 7) is 1.85. The van der Waals surface area contributed by atoms with E-state index in [-0.39, 0.29) is 5.91 Å². The van der Waals surface area contributed by atoms with Crippen molar-refractivity contribution in [1.82, 2.24) is 24.4 Å². The van der Waals surface area contributed by atoms with Crippen LogP contribution in [0.25, 0.3) is 17.2 Å². The number of aromatic nitrogens is 5. The normalized spacial score (nSPS) is 10.7. The molecule has 158 valence electrons. The van der Waals surface area contributed by atoms with Gasteiger partial charge in [-0.15, -0.1) is 5.10 Å². The van der Waals surface area contributed by atoms with Crippen molar-refractivity contribution < 1.29 is 14.3 Å². The molecule has 0 aliphatic rings. The molecule has 0 fully saturated rings. The lowest BCUT2D eigenvalue weighted by Gasteiger charge is -2.11. The third-order valence-electron chi connectivity index (χ3n) is 4.45. The molecule has 4 rings (SSSR count). The summed E-state index contributed by atoms with van der Waals surface area (Å²) in [4.78, 5) is 16.8. The monoisotopic (exact) mass is 456 g/mol. The third kappa shape index (κ3) is 4.21. The number of nitrogens with zero attached hydrogens (tertiary/aromatic N) is 5. The lowest BCUT2D eigenvalue weighted by atomic mass is 10.2. The molecular formula is C20H17ClN6O3S. The van der Waals surface area contributed by atoms with Crippen molar-refractivity contribution in [3.63, 3.8) is 0 Å². The van der Waals surface area contributed by atoms with Crippen molar-refractivity contribution in [3.8, 4) is 28.7 Å². The first-order chi connectivity index (χ1) is 15.0. The first-order valence-electron chi connectivity index (χ1n) is 9.06. The van der Waals surface area contributed by atoms with Gasteiger partial charge in [0.05, 0.1) is 19.9 Å². The van der Waals surface area contributed by atoms with Gasteiger partial charge in [-0.25, -0.2) is 4.68 Å². The quantitative estimate of drug-likeness (QED) is 0.467. The summed E-state index contributed by atoms with van der Waals surface area (Å²) < 4.78 is 16.7. The van der Waals surface area contributed by atoms with Gasteiger partial charge in [-0.3, -0.25) is 10.1 Å². The average molecular weight is 457 g/mol. The molecule has 0 atom stereocenters. The number of anilines is 1. The van der Waals surface area contributed by atoms with E-state index in [2.05, 4.69) is 25.0 Å². The van der Waals surface area contributed by atoms with Crippen LogP contribution in [-0.4, -0.2) is 44.5 Å². The summed E-state index contributed by atoms with van der Waals surface area (Å²) in [6, 6.07) is 12.0. The van der Waals surface area contributed by atoms with E-state index in [1.165, 1.54) is 0 Å². The highest BCUT2D eigenvalue weighted by molar-refractivity contribution is 7.10. The van der Waals surface area contributed by atoms with Gasteiger partial charge < -0.3 is 9.47 Å². The van der Waals surface area contributed by atoms with Crippen LogP contribution in [0.2, 0.25) is 5.02 Å². The average Bonchev–Trinajstić information content (AvgIpc) is 3.39. The number of hydrogen-bond acceptors (Lipinski definition) is 8. The number of ether oxygens (including phenoxy) is 2. The summed E-state index contributed by atoms with van der Waals surface area (Å²) in [5.41, 5.74) is 2.29. The van der Waals surface area contributed by atoms with E-state index in [0.717, 1.165) is 11.5 Å². The van der Waals surface area contributed by atoms with Crippen LogP contribution in [0.3, 0.4) is 0 Å². The summed E-state index contributed by atoms with van der Waals surface area (Å²) >= 11 is 7.00. The molecule has 1 N–H and O–H groups in total. The van der Waals surface area contributed by atoms with E-state index >= 15 is 0 Å². The summed E-state index contributed by atoms with van der Waals surface area (Å²) in [5.74, 6) is 1.30. The zero-order valence-electron chi connectivity index (χ0n) is 16.8. The van der Waals surface area contributed by atoms with Gasteiger partial charge in [0.25, 0.3) is 5.91 Å². The Labute approximate surface area is 186 Å². The predicted octanol–water partition coefficient (Wildman–Crippen LogP) is 4.02. The highest BCUT2D eigenvalue weighted by Crippen LogP contribution is 2.30. The minimum atomic E-state index is -0.327. The smallest absolute Gasteiger partial charge is 0.257 e. The van der Waals surface area contributed by atoms with Gasteiger partial charge in [0.1, 0.15) is 17.2 Å². The van der Waals surface area contributed by atoms with Crippen LogP contribution in [0.15, 0.2) is 42.5 Å². The fraction of sp³-hybridized carbons (Fsp3) is 0.150. The maximum atomic E-state index is 12.4. The number of carbonyl (C=O) groups excluding carboxylic acids is 1. The second kappa shape index (κ2) is 8.70. The summed E-state index contributed by atoms with van der Waals surface area (Å²) in [7, 11) is 3.17. The zero-order chi connectivity index (χ0) is 22.0. The van der Waals surface area contributed by atoms with Crippen LogP contribution in [0.4, 0.5) is 5.13 Å². The Morgan fingerprint density at radius 1 is 1.16 bits per heavy atom. The molecule has 0 saturated carbocycles. The second-order valence-corrected chi connectivity index (χ2v) is 7.55. The number of benzene rings is 2. The van der Waals surface area contributed by atoms with Crippen molar-refractivity contribution in [2.45, 2.75) is 6.92 Å². The number of carbonyl (C=O) groups is 1. The number of nitrogens with one attached hydrogen (secondary N) is 1. The Morgan fingerprint density at radius 2 is 2.00 bits per heavy atom. The number of hydrogen-bond donors (Lipinski definition) is 1.